The highest BCUT2D eigenvalue weighted by Gasteiger charge is 2.86. The lowest BCUT2D eigenvalue weighted by atomic mass is 9.77. The fourth-order valence-electron chi connectivity index (χ4n) is 7.66. The van der Waals surface area contributed by atoms with E-state index < -0.39 is 0 Å². The highest BCUT2D eigenvalue weighted by Crippen LogP contribution is 2.81. The van der Waals surface area contributed by atoms with Crippen molar-refractivity contribution >= 4 is 11.8 Å². The summed E-state index contributed by atoms with van der Waals surface area (Å²) in [5.41, 5.74) is 2.80. The number of nitrogens with zero attached hydrogens (tertiary/aromatic N) is 2. The van der Waals surface area contributed by atoms with Crippen molar-refractivity contribution in [1.82, 2.24) is 4.90 Å². The van der Waals surface area contributed by atoms with Crippen LogP contribution in [0.25, 0.3) is 0 Å². The first-order chi connectivity index (χ1) is 12.6. The molecule has 138 valence electrons. The Morgan fingerprint density at radius 2 is 2.04 bits per heavy atom. The van der Waals surface area contributed by atoms with Gasteiger partial charge in [0.05, 0.1) is 25.4 Å². The topological polar surface area (TPSA) is 42.0 Å². The Morgan fingerprint density at radius 1 is 1.15 bits per heavy atom. The molecule has 3 heterocycles. The average Bonchev–Trinajstić information content (AvgIpc) is 2.97. The number of anilines is 1. The maximum atomic E-state index is 12.9. The van der Waals surface area contributed by atoms with Crippen molar-refractivity contribution in [2.45, 2.75) is 55.0 Å². The molecule has 4 fully saturated rings. The lowest BCUT2D eigenvalue weighted by molar-refractivity contribution is 0.0807. The third-order valence-electron chi connectivity index (χ3n) is 8.61. The molecule has 2 saturated carbocycles. The van der Waals surface area contributed by atoms with Crippen LogP contribution >= 0.6 is 0 Å². The van der Waals surface area contributed by atoms with Crippen LogP contribution in [-0.4, -0.2) is 49.4 Å². The Morgan fingerprint density at radius 3 is 2.85 bits per heavy atom. The Labute approximate surface area is 154 Å². The van der Waals surface area contributed by atoms with E-state index in [4.69, 9.17) is 9.47 Å². The van der Waals surface area contributed by atoms with Crippen molar-refractivity contribution in [3.8, 4) is 5.75 Å². The zero-order valence-corrected chi connectivity index (χ0v) is 15.6. The van der Waals surface area contributed by atoms with Gasteiger partial charge in [-0.2, -0.15) is 0 Å². The largest absolute Gasteiger partial charge is 0.497 e. The molecule has 1 aromatic carbocycles. The van der Waals surface area contributed by atoms with Gasteiger partial charge < -0.3 is 9.47 Å². The van der Waals surface area contributed by atoms with E-state index in [1.165, 1.54) is 44.9 Å². The third-order valence-corrected chi connectivity index (χ3v) is 8.61. The summed E-state index contributed by atoms with van der Waals surface area (Å²) in [6, 6.07) is 6.23. The molecule has 0 unspecified atom stereocenters. The van der Waals surface area contributed by atoms with Gasteiger partial charge in [-0.3, -0.25) is 9.80 Å². The summed E-state index contributed by atoms with van der Waals surface area (Å²) in [7, 11) is 3.23. The maximum absolute atomic E-state index is 12.9. The first-order valence-corrected chi connectivity index (χ1v) is 9.95. The highest BCUT2D eigenvalue weighted by molar-refractivity contribution is 5.97. The normalized spacial score (nSPS) is 41.8. The van der Waals surface area contributed by atoms with Crippen LogP contribution in [0.3, 0.4) is 0 Å². The van der Waals surface area contributed by atoms with Crippen LogP contribution in [-0.2, 0) is 10.2 Å². The van der Waals surface area contributed by atoms with Crippen LogP contribution in [0, 0.1) is 5.92 Å². The molecule has 5 heteroatoms. The number of hydrogen-bond donors (Lipinski definition) is 0. The molecule has 2 bridgehead atoms. The van der Waals surface area contributed by atoms with Gasteiger partial charge in [0, 0.05) is 11.0 Å². The Bertz CT molecular complexity index is 825. The van der Waals surface area contributed by atoms with E-state index in [-0.39, 0.29) is 17.0 Å². The summed E-state index contributed by atoms with van der Waals surface area (Å²) in [6.45, 7) is 2.41. The molecule has 0 radical (unpaired) electrons. The molecule has 3 aliphatic heterocycles. The zero-order valence-electron chi connectivity index (χ0n) is 15.6. The lowest BCUT2D eigenvalue weighted by Gasteiger charge is -2.46. The standard InChI is InChI=1S/C21H26N2O3/c1-25-14-4-5-16-15(12-14)20-9-11-22-10-3-6-19(22)7-8-21(20,17(20)13-19)23(16)18(24)26-2/h4-5,12,17H,3,6-11,13H2,1-2H3/t17-,19+,20+,21+/m0/s1. The van der Waals surface area contributed by atoms with Gasteiger partial charge in [0.15, 0.2) is 0 Å². The quantitative estimate of drug-likeness (QED) is 0.776. The molecule has 26 heavy (non-hydrogen) atoms. The van der Waals surface area contributed by atoms with Crippen molar-refractivity contribution in [1.29, 1.82) is 0 Å². The van der Waals surface area contributed by atoms with Crippen LogP contribution in [0.1, 0.15) is 44.1 Å². The molecule has 2 saturated heterocycles. The van der Waals surface area contributed by atoms with E-state index in [0.29, 0.717) is 11.5 Å². The maximum Gasteiger partial charge on any atom is 0.414 e. The molecule has 5 nitrogen and oxygen atoms in total. The molecule has 6 rings (SSSR count). The SMILES string of the molecule is COC(=O)N1c2ccc(OC)cc2[C@@]23CCN4CCC[C@]45CC[C@]12[C@H]3C5. The average molecular weight is 354 g/mol. The van der Waals surface area contributed by atoms with E-state index in [1.807, 2.05) is 11.0 Å². The fraction of sp³-hybridized carbons (Fsp3) is 0.667. The summed E-state index contributed by atoms with van der Waals surface area (Å²) in [4.78, 5) is 17.7. The first kappa shape index (κ1) is 15.3. The van der Waals surface area contributed by atoms with Gasteiger partial charge in [0.1, 0.15) is 5.75 Å². The molecule has 0 aromatic heterocycles. The molecule has 1 aromatic rings. The predicted molar refractivity (Wildman–Crippen MR) is 97.8 cm³/mol. The smallest absolute Gasteiger partial charge is 0.414 e. The fourth-order valence-corrected chi connectivity index (χ4v) is 7.66. The molecule has 3 spiro atoms. The molecule has 0 N–H and O–H groups in total. The second-order valence-electron chi connectivity index (χ2n) is 8.91. The highest BCUT2D eigenvalue weighted by atomic mass is 16.5. The van der Waals surface area contributed by atoms with Crippen LogP contribution < -0.4 is 9.64 Å². The Kier molecular flexibility index (Phi) is 2.69. The second kappa shape index (κ2) is 4.56. The number of ether oxygens (including phenoxy) is 2. The molecule has 1 amide bonds. The van der Waals surface area contributed by atoms with E-state index >= 15 is 0 Å². The number of carbonyl (C=O) groups is 1. The Hall–Kier alpha value is -1.75. The van der Waals surface area contributed by atoms with Gasteiger partial charge in [-0.15, -0.1) is 0 Å². The van der Waals surface area contributed by atoms with Crippen molar-refractivity contribution < 1.29 is 14.3 Å². The summed E-state index contributed by atoms with van der Waals surface area (Å²) in [6.07, 6.45) is 7.16. The van der Waals surface area contributed by atoms with Crippen molar-refractivity contribution in [2.75, 3.05) is 32.2 Å². The van der Waals surface area contributed by atoms with Crippen molar-refractivity contribution in [3.63, 3.8) is 0 Å². The van der Waals surface area contributed by atoms with Gasteiger partial charge in [-0.25, -0.2) is 4.79 Å². The van der Waals surface area contributed by atoms with E-state index in [0.717, 1.165) is 30.8 Å². The number of hydrogen-bond acceptors (Lipinski definition) is 4. The first-order valence-electron chi connectivity index (χ1n) is 9.95. The second-order valence-corrected chi connectivity index (χ2v) is 8.91. The van der Waals surface area contributed by atoms with Crippen molar-refractivity contribution in [2.24, 2.45) is 5.92 Å². The summed E-state index contributed by atoms with van der Waals surface area (Å²) in [5.74, 6) is 1.45. The van der Waals surface area contributed by atoms with Crippen LogP contribution in [0.15, 0.2) is 18.2 Å². The zero-order chi connectivity index (χ0) is 17.7. The monoisotopic (exact) mass is 354 g/mol. The number of methoxy groups -OCH3 is 2. The van der Waals surface area contributed by atoms with E-state index in [9.17, 15) is 4.79 Å². The number of rotatable bonds is 1. The number of fused-ring (bicyclic) bond motifs is 1. The van der Waals surface area contributed by atoms with Crippen LogP contribution in [0.4, 0.5) is 10.5 Å². The van der Waals surface area contributed by atoms with Crippen LogP contribution in [0.5, 0.6) is 5.75 Å². The van der Waals surface area contributed by atoms with Gasteiger partial charge in [0.25, 0.3) is 0 Å². The number of amides is 1. The molecule has 5 aliphatic rings. The van der Waals surface area contributed by atoms with Gasteiger partial charge in [-0.05, 0) is 81.3 Å². The Balaban J connectivity index is 1.55. The molecular formula is C21H26N2O3. The number of carbonyl (C=O) groups excluding carboxylic acids is 1. The molecule has 4 atom stereocenters. The molecule has 2 aliphatic carbocycles. The van der Waals surface area contributed by atoms with Crippen molar-refractivity contribution in [3.05, 3.63) is 23.8 Å². The van der Waals surface area contributed by atoms with Crippen LogP contribution in [0.2, 0.25) is 0 Å². The minimum atomic E-state index is -0.194. The minimum Gasteiger partial charge on any atom is -0.497 e. The summed E-state index contributed by atoms with van der Waals surface area (Å²) < 4.78 is 10.8. The third kappa shape index (κ3) is 1.38. The molecular weight excluding hydrogens is 328 g/mol. The number of benzene rings is 1. The lowest BCUT2D eigenvalue weighted by Crippen LogP contribution is -2.54. The predicted octanol–water partition coefficient (Wildman–Crippen LogP) is 3.31. The van der Waals surface area contributed by atoms with E-state index in [2.05, 4.69) is 17.0 Å². The summed E-state index contributed by atoms with van der Waals surface area (Å²) >= 11 is 0. The van der Waals surface area contributed by atoms with Gasteiger partial charge in [-0.1, -0.05) is 0 Å². The van der Waals surface area contributed by atoms with Gasteiger partial charge in [0.2, 0.25) is 0 Å². The van der Waals surface area contributed by atoms with Gasteiger partial charge >= 0.3 is 6.09 Å². The minimum absolute atomic E-state index is 0.0608. The summed E-state index contributed by atoms with van der Waals surface area (Å²) in [5, 5.41) is 0. The van der Waals surface area contributed by atoms with E-state index in [1.54, 1.807) is 7.11 Å².